The number of aromatic nitrogens is 2. The first-order valence-electron chi connectivity index (χ1n) is 12.2. The van der Waals surface area contributed by atoms with Crippen molar-refractivity contribution in [2.75, 3.05) is 0 Å². The summed E-state index contributed by atoms with van der Waals surface area (Å²) in [5.41, 5.74) is 3.05. The highest BCUT2D eigenvalue weighted by Gasteiger charge is 2.73. The van der Waals surface area contributed by atoms with Crippen LogP contribution in [0.1, 0.15) is 56.4 Å². The maximum atomic E-state index is 14.1. The van der Waals surface area contributed by atoms with Crippen molar-refractivity contribution in [2.45, 2.75) is 51.2 Å². The molecule has 6 heteroatoms. The topological polar surface area (TPSA) is 73.6 Å². The van der Waals surface area contributed by atoms with Crippen LogP contribution in [-0.2, 0) is 29.3 Å². The predicted octanol–water partition coefficient (Wildman–Crippen LogP) is 4.33. The van der Waals surface area contributed by atoms with Crippen molar-refractivity contribution in [1.82, 2.24) is 9.55 Å². The smallest absolute Gasteiger partial charge is 0.259 e. The van der Waals surface area contributed by atoms with E-state index in [-0.39, 0.29) is 18.9 Å². The van der Waals surface area contributed by atoms with Crippen molar-refractivity contribution >= 4 is 0 Å². The molecule has 0 bridgehead atoms. The molecule has 4 aromatic rings. The Hall–Kier alpha value is -3.74. The Bertz CT molecular complexity index is 1610. The maximum absolute atomic E-state index is 14.1. The zero-order valence-electron chi connectivity index (χ0n) is 20.4. The van der Waals surface area contributed by atoms with E-state index in [1.165, 1.54) is 0 Å². The molecule has 0 spiro atoms. The van der Waals surface area contributed by atoms with Crippen LogP contribution in [0.15, 0.2) is 71.5 Å². The van der Waals surface area contributed by atoms with Gasteiger partial charge in [0.1, 0.15) is 24.9 Å². The first kappa shape index (κ1) is 21.5. The molecular weight excluding hydrogens is 452 g/mol. The van der Waals surface area contributed by atoms with Crippen molar-refractivity contribution in [3.8, 4) is 5.75 Å². The lowest BCUT2D eigenvalue weighted by Gasteiger charge is -2.40. The fraction of sp³-hybridized carbons (Fsp3) is 0.267. The summed E-state index contributed by atoms with van der Waals surface area (Å²) >= 11 is 0. The largest absolute Gasteiger partial charge is 0.477 e. The first-order chi connectivity index (χ1) is 17.4. The van der Waals surface area contributed by atoms with E-state index in [4.69, 9.17) is 14.5 Å². The van der Waals surface area contributed by atoms with E-state index in [2.05, 4.69) is 0 Å². The van der Waals surface area contributed by atoms with Gasteiger partial charge in [0.2, 0.25) is 0 Å². The molecule has 6 nitrogen and oxygen atoms in total. The van der Waals surface area contributed by atoms with Gasteiger partial charge >= 0.3 is 0 Å². The number of nitrogens with zero attached hydrogens (tertiary/aromatic N) is 2. The molecule has 0 saturated carbocycles. The highest BCUT2D eigenvalue weighted by atomic mass is 16.5. The summed E-state index contributed by atoms with van der Waals surface area (Å²) in [5.74, 6) is 0.560. The minimum absolute atomic E-state index is 0.154. The summed E-state index contributed by atoms with van der Waals surface area (Å²) in [6, 6.07) is 21.9. The Morgan fingerprint density at radius 3 is 2.50 bits per heavy atom. The van der Waals surface area contributed by atoms with Crippen molar-refractivity contribution in [1.29, 1.82) is 0 Å². The molecule has 3 atom stereocenters. The SMILES string of the molecule is Cc1ccc([C@@]23Oc4cc(C)cc(C)c4[C@]2(O)c2nc4n(c(=O)c2[C@H]3c2ccccc2)COC4)cc1. The second-order valence-electron chi connectivity index (χ2n) is 10.2. The Kier molecular flexibility index (Phi) is 4.28. The number of hydrogen-bond donors (Lipinski definition) is 1. The molecule has 2 aliphatic heterocycles. The standard InChI is InChI=1S/C30H26N2O4/c1-17-9-11-21(12-10-17)30-26(20-7-5-4-6-8-20)24-27(31-23-15-35-16-32(23)28(24)33)29(30,34)25-19(3)13-18(2)14-22(25)36-30/h4-14,26,34H,15-16H2,1-3H3/t26-,29+,30+/m1/s1. The van der Waals surface area contributed by atoms with Gasteiger partial charge in [0.25, 0.3) is 5.56 Å². The molecule has 0 amide bonds. The molecule has 0 fully saturated rings. The van der Waals surface area contributed by atoms with Crippen molar-refractivity contribution < 1.29 is 14.6 Å². The molecule has 0 unspecified atom stereocenters. The summed E-state index contributed by atoms with van der Waals surface area (Å²) in [6.07, 6.45) is 0. The van der Waals surface area contributed by atoms with Gasteiger partial charge in [-0.05, 0) is 43.5 Å². The van der Waals surface area contributed by atoms with E-state index < -0.39 is 17.1 Å². The molecular formula is C30H26N2O4. The van der Waals surface area contributed by atoms with E-state index in [0.717, 1.165) is 27.8 Å². The van der Waals surface area contributed by atoms with Crippen LogP contribution in [-0.4, -0.2) is 14.7 Å². The van der Waals surface area contributed by atoms with Crippen LogP contribution in [0, 0.1) is 20.8 Å². The first-order valence-corrected chi connectivity index (χ1v) is 12.2. The Balaban J connectivity index is 1.67. The fourth-order valence-corrected chi connectivity index (χ4v) is 6.57. The van der Waals surface area contributed by atoms with Gasteiger partial charge < -0.3 is 14.6 Å². The fourth-order valence-electron chi connectivity index (χ4n) is 6.57. The van der Waals surface area contributed by atoms with E-state index in [0.29, 0.717) is 28.4 Å². The van der Waals surface area contributed by atoms with Crippen LogP contribution in [0.2, 0.25) is 0 Å². The van der Waals surface area contributed by atoms with E-state index in [1.807, 2.05) is 87.5 Å². The summed E-state index contributed by atoms with van der Waals surface area (Å²) < 4.78 is 14.1. The lowest BCUT2D eigenvalue weighted by molar-refractivity contribution is -0.0907. The Labute approximate surface area is 208 Å². The Morgan fingerprint density at radius 1 is 1.00 bits per heavy atom. The number of hydrogen-bond acceptors (Lipinski definition) is 5. The van der Waals surface area contributed by atoms with Crippen LogP contribution in [0.4, 0.5) is 0 Å². The molecule has 0 saturated heterocycles. The number of fused-ring (bicyclic) bond motifs is 6. The molecule has 36 heavy (non-hydrogen) atoms. The van der Waals surface area contributed by atoms with Crippen LogP contribution >= 0.6 is 0 Å². The van der Waals surface area contributed by atoms with Gasteiger partial charge in [-0.25, -0.2) is 4.98 Å². The summed E-state index contributed by atoms with van der Waals surface area (Å²) in [6.45, 7) is 6.42. The van der Waals surface area contributed by atoms with Crippen LogP contribution in [0.5, 0.6) is 5.75 Å². The summed E-state index contributed by atoms with van der Waals surface area (Å²) in [7, 11) is 0. The minimum atomic E-state index is -1.68. The predicted molar refractivity (Wildman–Crippen MR) is 134 cm³/mol. The summed E-state index contributed by atoms with van der Waals surface area (Å²) in [4.78, 5) is 19.0. The van der Waals surface area contributed by atoms with Crippen LogP contribution in [0.25, 0.3) is 0 Å². The molecule has 0 radical (unpaired) electrons. The quantitative estimate of drug-likeness (QED) is 0.464. The van der Waals surface area contributed by atoms with Crippen molar-refractivity contribution in [3.63, 3.8) is 0 Å². The molecule has 1 aromatic heterocycles. The molecule has 3 aromatic carbocycles. The third-order valence-electron chi connectivity index (χ3n) is 8.00. The highest BCUT2D eigenvalue weighted by molar-refractivity contribution is 5.66. The molecule has 1 N–H and O–H groups in total. The monoisotopic (exact) mass is 478 g/mol. The van der Waals surface area contributed by atoms with E-state index >= 15 is 0 Å². The lowest BCUT2D eigenvalue weighted by Crippen LogP contribution is -2.49. The number of aryl methyl sites for hydroxylation is 3. The molecule has 3 heterocycles. The zero-order valence-corrected chi connectivity index (χ0v) is 20.4. The average molecular weight is 479 g/mol. The minimum Gasteiger partial charge on any atom is -0.477 e. The third kappa shape index (κ3) is 2.48. The molecule has 7 rings (SSSR count). The van der Waals surface area contributed by atoms with E-state index in [1.54, 1.807) is 4.57 Å². The second-order valence-corrected chi connectivity index (χ2v) is 10.2. The van der Waals surface area contributed by atoms with Crippen molar-refractivity contribution in [3.05, 3.63) is 128 Å². The van der Waals surface area contributed by atoms with E-state index in [9.17, 15) is 9.90 Å². The van der Waals surface area contributed by atoms with Crippen LogP contribution < -0.4 is 10.3 Å². The van der Waals surface area contributed by atoms with Crippen LogP contribution in [0.3, 0.4) is 0 Å². The lowest BCUT2D eigenvalue weighted by atomic mass is 9.69. The second kappa shape index (κ2) is 7.15. The highest BCUT2D eigenvalue weighted by Crippen LogP contribution is 2.68. The molecule has 1 aliphatic carbocycles. The molecule has 180 valence electrons. The van der Waals surface area contributed by atoms with Gasteiger partial charge in [0, 0.05) is 11.1 Å². The Morgan fingerprint density at radius 2 is 1.75 bits per heavy atom. The van der Waals surface area contributed by atoms with Gasteiger partial charge in [-0.2, -0.15) is 0 Å². The number of benzene rings is 3. The van der Waals surface area contributed by atoms with Gasteiger partial charge in [-0.3, -0.25) is 9.36 Å². The molecule has 3 aliphatic rings. The maximum Gasteiger partial charge on any atom is 0.259 e. The van der Waals surface area contributed by atoms with Gasteiger partial charge in [0.15, 0.2) is 11.2 Å². The number of aliphatic hydroxyl groups is 1. The zero-order chi connectivity index (χ0) is 24.8. The summed E-state index contributed by atoms with van der Waals surface area (Å²) in [5, 5.41) is 13.1. The number of ether oxygens (including phenoxy) is 2. The van der Waals surface area contributed by atoms with Crippen molar-refractivity contribution in [2.24, 2.45) is 0 Å². The average Bonchev–Trinajstić information content (AvgIpc) is 3.49. The van der Waals surface area contributed by atoms with Gasteiger partial charge in [-0.1, -0.05) is 66.2 Å². The third-order valence-corrected chi connectivity index (χ3v) is 8.00. The number of rotatable bonds is 2. The normalized spacial score (nSPS) is 25.2. The van der Waals surface area contributed by atoms with Gasteiger partial charge in [-0.15, -0.1) is 0 Å². The van der Waals surface area contributed by atoms with Gasteiger partial charge in [0.05, 0.1) is 17.2 Å².